The van der Waals surface area contributed by atoms with E-state index < -0.39 is 0 Å². The van der Waals surface area contributed by atoms with Crippen molar-refractivity contribution < 1.29 is 0 Å². The number of benzene rings is 1. The van der Waals surface area contributed by atoms with Gasteiger partial charge in [-0.2, -0.15) is 5.10 Å². The van der Waals surface area contributed by atoms with Gasteiger partial charge in [0.2, 0.25) is 0 Å². The van der Waals surface area contributed by atoms with Gasteiger partial charge >= 0.3 is 0 Å². The summed E-state index contributed by atoms with van der Waals surface area (Å²) in [5.74, 6) is 0.687. The lowest BCUT2D eigenvalue weighted by atomic mass is 10.1. The number of rotatable bonds is 4. The molecule has 33 heavy (non-hydrogen) atoms. The number of aromatic nitrogens is 7. The molecular weight excluding hydrogens is 412 g/mol. The SMILES string of the molecule is CN(C)c1cncc(-c2cnc3[nH]nc(-c4nc5c(-c6cccnc6)cccc5[nH]4)c3c2)c1. The fourth-order valence-corrected chi connectivity index (χ4v) is 3.97. The molecule has 5 heterocycles. The topological polar surface area (TPSA) is 99.3 Å². The second-order valence-corrected chi connectivity index (χ2v) is 8.05. The molecule has 8 nitrogen and oxygen atoms in total. The number of hydrogen-bond acceptors (Lipinski definition) is 6. The molecule has 6 aromatic rings. The predicted octanol–water partition coefficient (Wildman–Crippen LogP) is 4.69. The molecule has 5 aromatic heterocycles. The highest BCUT2D eigenvalue weighted by Gasteiger charge is 2.16. The number of H-pyrrole nitrogens is 2. The van der Waals surface area contributed by atoms with E-state index in [4.69, 9.17) is 4.98 Å². The average Bonchev–Trinajstić information content (AvgIpc) is 3.48. The second kappa shape index (κ2) is 7.52. The molecule has 2 N–H and O–H groups in total. The van der Waals surface area contributed by atoms with Gasteiger partial charge in [-0.05, 0) is 24.3 Å². The van der Waals surface area contributed by atoms with Gasteiger partial charge < -0.3 is 9.88 Å². The van der Waals surface area contributed by atoms with Crippen LogP contribution in [0.4, 0.5) is 5.69 Å². The number of aromatic amines is 2. The Kier molecular flexibility index (Phi) is 4.36. The minimum absolute atomic E-state index is 0.687. The third-order valence-electron chi connectivity index (χ3n) is 5.70. The quantitative estimate of drug-likeness (QED) is 0.419. The number of nitrogens with zero attached hydrogens (tertiary/aromatic N) is 6. The summed E-state index contributed by atoms with van der Waals surface area (Å²) in [5, 5.41) is 8.45. The minimum Gasteiger partial charge on any atom is -0.376 e. The number of pyridine rings is 3. The van der Waals surface area contributed by atoms with E-state index in [0.717, 1.165) is 50.1 Å². The van der Waals surface area contributed by atoms with Crippen LogP contribution >= 0.6 is 0 Å². The van der Waals surface area contributed by atoms with Crippen molar-refractivity contribution in [1.29, 1.82) is 0 Å². The molecule has 0 saturated heterocycles. The summed E-state index contributed by atoms with van der Waals surface area (Å²) in [5.41, 5.74) is 8.28. The number of fused-ring (bicyclic) bond motifs is 2. The van der Waals surface area contributed by atoms with E-state index in [1.165, 1.54) is 0 Å². The van der Waals surface area contributed by atoms with Crippen LogP contribution in [0.2, 0.25) is 0 Å². The molecule has 0 unspecified atom stereocenters. The van der Waals surface area contributed by atoms with Crippen LogP contribution in [0.5, 0.6) is 0 Å². The minimum atomic E-state index is 0.687. The monoisotopic (exact) mass is 432 g/mol. The van der Waals surface area contributed by atoms with Crippen LogP contribution < -0.4 is 4.90 Å². The molecule has 0 amide bonds. The van der Waals surface area contributed by atoms with Crippen molar-refractivity contribution in [3.63, 3.8) is 0 Å². The highest BCUT2D eigenvalue weighted by Crippen LogP contribution is 2.32. The van der Waals surface area contributed by atoms with Crippen LogP contribution in [0, 0.1) is 0 Å². The first-order chi connectivity index (χ1) is 16.2. The fourth-order valence-electron chi connectivity index (χ4n) is 3.97. The summed E-state index contributed by atoms with van der Waals surface area (Å²) >= 11 is 0. The lowest BCUT2D eigenvalue weighted by Crippen LogP contribution is -2.08. The molecule has 0 bridgehead atoms. The Labute approximate surface area is 189 Å². The smallest absolute Gasteiger partial charge is 0.159 e. The number of nitrogens with one attached hydrogen (secondary N) is 2. The van der Waals surface area contributed by atoms with E-state index in [1.807, 2.05) is 68.0 Å². The Morgan fingerprint density at radius 2 is 1.73 bits per heavy atom. The highest BCUT2D eigenvalue weighted by atomic mass is 15.2. The Balaban J connectivity index is 1.48. The lowest BCUT2D eigenvalue weighted by molar-refractivity contribution is 1.09. The van der Waals surface area contributed by atoms with Crippen LogP contribution in [-0.2, 0) is 0 Å². The van der Waals surface area contributed by atoms with Crippen LogP contribution in [0.15, 0.2) is 73.4 Å². The molecule has 0 atom stereocenters. The van der Waals surface area contributed by atoms with E-state index in [0.29, 0.717) is 11.5 Å². The Morgan fingerprint density at radius 1 is 0.848 bits per heavy atom. The first-order valence-corrected chi connectivity index (χ1v) is 10.5. The molecule has 160 valence electrons. The predicted molar refractivity (Wildman–Crippen MR) is 130 cm³/mol. The molecular formula is C25H20N8. The van der Waals surface area contributed by atoms with Crippen LogP contribution in [0.3, 0.4) is 0 Å². The number of hydrogen-bond donors (Lipinski definition) is 2. The molecule has 0 aliphatic heterocycles. The fraction of sp³-hybridized carbons (Fsp3) is 0.0800. The van der Waals surface area contributed by atoms with Gasteiger partial charge in [-0.1, -0.05) is 18.2 Å². The van der Waals surface area contributed by atoms with Crippen molar-refractivity contribution in [1.82, 2.24) is 35.1 Å². The molecule has 0 spiro atoms. The largest absolute Gasteiger partial charge is 0.376 e. The van der Waals surface area contributed by atoms with Gasteiger partial charge in [0.05, 0.1) is 28.3 Å². The third-order valence-corrected chi connectivity index (χ3v) is 5.70. The van der Waals surface area contributed by atoms with Crippen molar-refractivity contribution in [3.8, 4) is 33.8 Å². The van der Waals surface area contributed by atoms with Crippen LogP contribution in [0.25, 0.3) is 55.8 Å². The normalized spacial score (nSPS) is 11.3. The van der Waals surface area contributed by atoms with Gasteiger partial charge in [-0.3, -0.25) is 15.1 Å². The van der Waals surface area contributed by atoms with Gasteiger partial charge in [0.1, 0.15) is 5.69 Å². The van der Waals surface area contributed by atoms with E-state index >= 15 is 0 Å². The summed E-state index contributed by atoms with van der Waals surface area (Å²) in [6.07, 6.45) is 9.13. The summed E-state index contributed by atoms with van der Waals surface area (Å²) in [4.78, 5) is 23.6. The molecule has 8 heteroatoms. The summed E-state index contributed by atoms with van der Waals surface area (Å²) in [7, 11) is 4.00. The number of imidazole rings is 1. The first-order valence-electron chi connectivity index (χ1n) is 10.5. The molecule has 0 radical (unpaired) electrons. The summed E-state index contributed by atoms with van der Waals surface area (Å²) < 4.78 is 0. The zero-order chi connectivity index (χ0) is 22.4. The number of para-hydroxylation sites is 1. The average molecular weight is 432 g/mol. The summed E-state index contributed by atoms with van der Waals surface area (Å²) in [6.45, 7) is 0. The second-order valence-electron chi connectivity index (χ2n) is 8.05. The summed E-state index contributed by atoms with van der Waals surface area (Å²) in [6, 6.07) is 14.2. The molecule has 0 aliphatic carbocycles. The van der Waals surface area contributed by atoms with Crippen molar-refractivity contribution in [2.75, 3.05) is 19.0 Å². The van der Waals surface area contributed by atoms with Crippen molar-refractivity contribution >= 4 is 27.8 Å². The zero-order valence-electron chi connectivity index (χ0n) is 18.1. The van der Waals surface area contributed by atoms with E-state index in [2.05, 4.69) is 48.3 Å². The maximum absolute atomic E-state index is 4.91. The molecule has 1 aromatic carbocycles. The van der Waals surface area contributed by atoms with Crippen LogP contribution in [-0.4, -0.2) is 49.2 Å². The molecule has 6 rings (SSSR count). The Morgan fingerprint density at radius 3 is 2.58 bits per heavy atom. The van der Waals surface area contributed by atoms with Gasteiger partial charge in [-0.15, -0.1) is 0 Å². The maximum Gasteiger partial charge on any atom is 0.159 e. The maximum atomic E-state index is 4.91. The van der Waals surface area contributed by atoms with Crippen LogP contribution in [0.1, 0.15) is 0 Å². The van der Waals surface area contributed by atoms with Crippen molar-refractivity contribution in [2.24, 2.45) is 0 Å². The van der Waals surface area contributed by atoms with E-state index in [-0.39, 0.29) is 0 Å². The van der Waals surface area contributed by atoms with Gasteiger partial charge in [0.25, 0.3) is 0 Å². The van der Waals surface area contributed by atoms with Gasteiger partial charge in [0, 0.05) is 61.1 Å². The highest BCUT2D eigenvalue weighted by molar-refractivity contribution is 5.97. The zero-order valence-corrected chi connectivity index (χ0v) is 18.1. The third kappa shape index (κ3) is 3.28. The number of anilines is 1. The van der Waals surface area contributed by atoms with Crippen molar-refractivity contribution in [3.05, 3.63) is 73.4 Å². The molecule has 0 aliphatic rings. The van der Waals surface area contributed by atoms with Crippen molar-refractivity contribution in [2.45, 2.75) is 0 Å². The Hall–Kier alpha value is -4.59. The van der Waals surface area contributed by atoms with E-state index in [1.54, 1.807) is 6.20 Å². The standard InChI is InChI=1S/C25H20N8/c1-33(2)18-9-16(12-27-14-18)17-10-20-23(31-32-24(20)28-13-17)25-29-21-7-3-6-19(22(21)30-25)15-5-4-8-26-11-15/h3-14H,1-2H3,(H,29,30)(H,28,31,32). The van der Waals surface area contributed by atoms with E-state index in [9.17, 15) is 0 Å². The molecule has 0 fully saturated rings. The van der Waals surface area contributed by atoms with Gasteiger partial charge in [0.15, 0.2) is 11.5 Å². The lowest BCUT2D eigenvalue weighted by Gasteiger charge is -2.12. The molecule has 0 saturated carbocycles. The van der Waals surface area contributed by atoms with Gasteiger partial charge in [-0.25, -0.2) is 9.97 Å². The first kappa shape index (κ1) is 19.1. The Bertz CT molecular complexity index is 1600.